The Bertz CT molecular complexity index is 442. The summed E-state index contributed by atoms with van der Waals surface area (Å²) in [6, 6.07) is 14.2. The fourth-order valence-corrected chi connectivity index (χ4v) is 1.78. The SMILES string of the molecule is Brc1ccc(OCCCc2ccccc2)nc1. The third-order valence-electron chi connectivity index (χ3n) is 2.40. The van der Waals surface area contributed by atoms with Crippen molar-refractivity contribution in [3.05, 3.63) is 58.7 Å². The van der Waals surface area contributed by atoms with E-state index in [4.69, 9.17) is 4.74 Å². The lowest BCUT2D eigenvalue weighted by molar-refractivity contribution is 0.299. The number of rotatable bonds is 5. The molecule has 0 N–H and O–H groups in total. The summed E-state index contributed by atoms with van der Waals surface area (Å²) in [5.74, 6) is 0.682. The standard InChI is InChI=1S/C14H14BrNO/c15-13-8-9-14(16-11-13)17-10-4-7-12-5-2-1-3-6-12/h1-3,5-6,8-9,11H,4,7,10H2. The molecule has 1 aromatic carbocycles. The van der Waals surface area contributed by atoms with Gasteiger partial charge in [0.1, 0.15) is 0 Å². The van der Waals surface area contributed by atoms with Crippen molar-refractivity contribution in [3.63, 3.8) is 0 Å². The second-order valence-corrected chi connectivity index (χ2v) is 4.67. The van der Waals surface area contributed by atoms with Crippen molar-refractivity contribution in [2.75, 3.05) is 6.61 Å². The molecular weight excluding hydrogens is 278 g/mol. The van der Waals surface area contributed by atoms with E-state index in [1.165, 1.54) is 5.56 Å². The quantitative estimate of drug-likeness (QED) is 0.781. The van der Waals surface area contributed by atoms with Crippen LogP contribution in [0.5, 0.6) is 5.88 Å². The van der Waals surface area contributed by atoms with Crippen molar-refractivity contribution in [1.29, 1.82) is 0 Å². The normalized spacial score (nSPS) is 10.2. The molecule has 2 aromatic rings. The Kier molecular flexibility index (Phi) is 4.56. The van der Waals surface area contributed by atoms with E-state index in [2.05, 4.69) is 45.2 Å². The number of aromatic nitrogens is 1. The van der Waals surface area contributed by atoms with Crippen LogP contribution >= 0.6 is 15.9 Å². The second-order valence-electron chi connectivity index (χ2n) is 3.75. The molecule has 0 spiro atoms. The Morgan fingerprint density at radius 1 is 1.06 bits per heavy atom. The maximum Gasteiger partial charge on any atom is 0.213 e. The summed E-state index contributed by atoms with van der Waals surface area (Å²) in [7, 11) is 0. The summed E-state index contributed by atoms with van der Waals surface area (Å²) >= 11 is 3.34. The Balaban J connectivity index is 1.71. The summed E-state index contributed by atoms with van der Waals surface area (Å²) < 4.78 is 6.52. The first-order chi connectivity index (χ1) is 8.34. The van der Waals surface area contributed by atoms with Gasteiger partial charge in [0.25, 0.3) is 0 Å². The van der Waals surface area contributed by atoms with Crippen molar-refractivity contribution in [2.45, 2.75) is 12.8 Å². The minimum absolute atomic E-state index is 0.682. The Labute approximate surface area is 110 Å². The molecule has 0 fully saturated rings. The fraction of sp³-hybridized carbons (Fsp3) is 0.214. The van der Waals surface area contributed by atoms with Crippen molar-refractivity contribution >= 4 is 15.9 Å². The van der Waals surface area contributed by atoms with Gasteiger partial charge in [0.15, 0.2) is 0 Å². The molecule has 1 aromatic heterocycles. The topological polar surface area (TPSA) is 22.1 Å². The van der Waals surface area contributed by atoms with Gasteiger partial charge >= 0.3 is 0 Å². The summed E-state index contributed by atoms with van der Waals surface area (Å²) in [4.78, 5) is 4.15. The number of pyridine rings is 1. The molecule has 0 radical (unpaired) electrons. The highest BCUT2D eigenvalue weighted by molar-refractivity contribution is 9.10. The van der Waals surface area contributed by atoms with Crippen LogP contribution in [-0.4, -0.2) is 11.6 Å². The van der Waals surface area contributed by atoms with Gasteiger partial charge in [0.05, 0.1) is 6.61 Å². The molecule has 2 rings (SSSR count). The van der Waals surface area contributed by atoms with Gasteiger partial charge in [0, 0.05) is 16.7 Å². The highest BCUT2D eigenvalue weighted by atomic mass is 79.9. The predicted molar refractivity (Wildman–Crippen MR) is 72.2 cm³/mol. The van der Waals surface area contributed by atoms with Crippen LogP contribution in [0.15, 0.2) is 53.1 Å². The van der Waals surface area contributed by atoms with E-state index in [0.29, 0.717) is 12.5 Å². The van der Waals surface area contributed by atoms with Crippen LogP contribution in [0.2, 0.25) is 0 Å². The summed E-state index contributed by atoms with van der Waals surface area (Å²) in [5, 5.41) is 0. The molecular formula is C14H14BrNO. The zero-order valence-electron chi connectivity index (χ0n) is 9.47. The van der Waals surface area contributed by atoms with E-state index >= 15 is 0 Å². The van der Waals surface area contributed by atoms with Crippen LogP contribution in [0.25, 0.3) is 0 Å². The maximum absolute atomic E-state index is 5.55. The van der Waals surface area contributed by atoms with Crippen molar-refractivity contribution < 1.29 is 4.74 Å². The van der Waals surface area contributed by atoms with Crippen LogP contribution in [0, 0.1) is 0 Å². The molecule has 0 amide bonds. The summed E-state index contributed by atoms with van der Waals surface area (Å²) in [5.41, 5.74) is 1.35. The molecule has 0 aliphatic heterocycles. The molecule has 3 heteroatoms. The van der Waals surface area contributed by atoms with E-state index in [-0.39, 0.29) is 0 Å². The Morgan fingerprint density at radius 2 is 1.88 bits per heavy atom. The Morgan fingerprint density at radius 3 is 2.59 bits per heavy atom. The van der Waals surface area contributed by atoms with Crippen LogP contribution in [0.4, 0.5) is 0 Å². The van der Waals surface area contributed by atoms with Gasteiger partial charge in [0.2, 0.25) is 5.88 Å². The fourth-order valence-electron chi connectivity index (χ4n) is 1.55. The lowest BCUT2D eigenvalue weighted by atomic mass is 10.1. The molecule has 0 unspecified atom stereocenters. The Hall–Kier alpha value is -1.35. The van der Waals surface area contributed by atoms with Crippen LogP contribution in [-0.2, 0) is 6.42 Å². The van der Waals surface area contributed by atoms with Crippen molar-refractivity contribution in [3.8, 4) is 5.88 Å². The first-order valence-corrected chi connectivity index (χ1v) is 6.42. The highest BCUT2D eigenvalue weighted by Gasteiger charge is 1.96. The molecule has 0 aliphatic carbocycles. The third-order valence-corrected chi connectivity index (χ3v) is 2.87. The van der Waals surface area contributed by atoms with E-state index < -0.39 is 0 Å². The predicted octanol–water partition coefficient (Wildman–Crippen LogP) is 3.86. The number of nitrogens with zero attached hydrogens (tertiary/aromatic N) is 1. The zero-order valence-corrected chi connectivity index (χ0v) is 11.1. The molecule has 0 saturated carbocycles. The van der Waals surface area contributed by atoms with E-state index in [1.807, 2.05) is 18.2 Å². The van der Waals surface area contributed by atoms with Gasteiger partial charge in [-0.05, 0) is 40.4 Å². The summed E-state index contributed by atoms with van der Waals surface area (Å²) in [6.45, 7) is 0.698. The van der Waals surface area contributed by atoms with Crippen LogP contribution in [0.1, 0.15) is 12.0 Å². The smallest absolute Gasteiger partial charge is 0.213 e. The molecule has 88 valence electrons. The van der Waals surface area contributed by atoms with Gasteiger partial charge in [-0.1, -0.05) is 30.3 Å². The molecule has 2 nitrogen and oxygen atoms in total. The second kappa shape index (κ2) is 6.40. The minimum Gasteiger partial charge on any atom is -0.478 e. The number of hydrogen-bond donors (Lipinski definition) is 0. The van der Waals surface area contributed by atoms with E-state index in [1.54, 1.807) is 6.20 Å². The molecule has 0 atom stereocenters. The highest BCUT2D eigenvalue weighted by Crippen LogP contribution is 2.12. The lowest BCUT2D eigenvalue weighted by Gasteiger charge is -2.05. The minimum atomic E-state index is 0.682. The number of hydrogen-bond acceptors (Lipinski definition) is 2. The number of ether oxygens (including phenoxy) is 1. The molecule has 0 saturated heterocycles. The van der Waals surface area contributed by atoms with E-state index in [0.717, 1.165) is 17.3 Å². The molecule has 1 heterocycles. The zero-order chi connectivity index (χ0) is 11.9. The monoisotopic (exact) mass is 291 g/mol. The number of aryl methyl sites for hydroxylation is 1. The van der Waals surface area contributed by atoms with Gasteiger partial charge in [-0.2, -0.15) is 0 Å². The van der Waals surface area contributed by atoms with Gasteiger partial charge < -0.3 is 4.74 Å². The third kappa shape index (κ3) is 4.19. The van der Waals surface area contributed by atoms with Crippen molar-refractivity contribution in [1.82, 2.24) is 4.98 Å². The number of halogens is 1. The lowest BCUT2D eigenvalue weighted by Crippen LogP contribution is -2.00. The molecule has 0 bridgehead atoms. The largest absolute Gasteiger partial charge is 0.478 e. The van der Waals surface area contributed by atoms with E-state index in [9.17, 15) is 0 Å². The number of benzene rings is 1. The van der Waals surface area contributed by atoms with Crippen LogP contribution < -0.4 is 4.74 Å². The van der Waals surface area contributed by atoms with Gasteiger partial charge in [-0.25, -0.2) is 4.98 Å². The maximum atomic E-state index is 5.55. The van der Waals surface area contributed by atoms with Crippen LogP contribution in [0.3, 0.4) is 0 Å². The average Bonchev–Trinajstić information content (AvgIpc) is 2.38. The molecule has 0 aliphatic rings. The average molecular weight is 292 g/mol. The van der Waals surface area contributed by atoms with Gasteiger partial charge in [-0.15, -0.1) is 0 Å². The first kappa shape index (κ1) is 12.1. The molecule has 17 heavy (non-hydrogen) atoms. The van der Waals surface area contributed by atoms with Crippen molar-refractivity contribution in [2.24, 2.45) is 0 Å². The first-order valence-electron chi connectivity index (χ1n) is 5.63. The van der Waals surface area contributed by atoms with Gasteiger partial charge in [-0.3, -0.25) is 0 Å². The summed E-state index contributed by atoms with van der Waals surface area (Å²) in [6.07, 6.45) is 3.78.